The fourth-order valence-electron chi connectivity index (χ4n) is 1.91. The summed E-state index contributed by atoms with van der Waals surface area (Å²) in [6.07, 6.45) is 0. The van der Waals surface area contributed by atoms with Crippen LogP contribution in [0.15, 0.2) is 57.8 Å². The minimum atomic E-state index is -0.645. The minimum absolute atomic E-state index is 0.283. The van der Waals surface area contributed by atoms with E-state index in [1.807, 2.05) is 30.3 Å². The Kier molecular flexibility index (Phi) is 5.02. The van der Waals surface area contributed by atoms with Gasteiger partial charge in [-0.3, -0.25) is 10.1 Å². The van der Waals surface area contributed by atoms with Crippen molar-refractivity contribution in [3.05, 3.63) is 70.0 Å². The summed E-state index contributed by atoms with van der Waals surface area (Å²) in [5, 5.41) is 22.8. The van der Waals surface area contributed by atoms with Gasteiger partial charge in [-0.2, -0.15) is 0 Å². The van der Waals surface area contributed by atoms with Crippen LogP contribution in [0.5, 0.6) is 0 Å². The lowest BCUT2D eigenvalue weighted by Gasteiger charge is -2.01. The van der Waals surface area contributed by atoms with E-state index in [4.69, 9.17) is 0 Å². The van der Waals surface area contributed by atoms with Gasteiger partial charge in [-0.05, 0) is 29.5 Å². The number of benzene rings is 2. The van der Waals surface area contributed by atoms with E-state index in [2.05, 4.69) is 15.5 Å². The van der Waals surface area contributed by atoms with Crippen LogP contribution in [0.4, 0.5) is 15.2 Å². The van der Waals surface area contributed by atoms with Crippen LogP contribution < -0.4 is 5.32 Å². The summed E-state index contributed by atoms with van der Waals surface area (Å²) < 4.78 is 13.7. The number of nitrogens with one attached hydrogen (secondary N) is 1. The van der Waals surface area contributed by atoms with Gasteiger partial charge in [-0.15, -0.1) is 10.2 Å². The van der Waals surface area contributed by atoms with E-state index in [0.717, 1.165) is 23.4 Å². The molecule has 0 fully saturated rings. The highest BCUT2D eigenvalue weighted by molar-refractivity contribution is 8.01. The van der Waals surface area contributed by atoms with E-state index >= 15 is 0 Å². The van der Waals surface area contributed by atoms with Crippen LogP contribution in [-0.4, -0.2) is 15.1 Å². The summed E-state index contributed by atoms with van der Waals surface area (Å²) in [7, 11) is 0. The molecule has 0 radical (unpaired) electrons. The molecule has 0 saturated carbocycles. The van der Waals surface area contributed by atoms with Gasteiger partial charge >= 0.3 is 0 Å². The predicted molar refractivity (Wildman–Crippen MR) is 90.9 cm³/mol. The van der Waals surface area contributed by atoms with Gasteiger partial charge in [-0.25, -0.2) is 4.39 Å². The molecule has 9 heteroatoms. The molecule has 2 aromatic carbocycles. The number of halogens is 1. The van der Waals surface area contributed by atoms with Gasteiger partial charge in [0.2, 0.25) is 5.13 Å². The van der Waals surface area contributed by atoms with Crippen LogP contribution in [0.25, 0.3) is 0 Å². The molecule has 1 N–H and O–H groups in total. The molecule has 6 nitrogen and oxygen atoms in total. The summed E-state index contributed by atoms with van der Waals surface area (Å²) in [4.78, 5) is 10.7. The Morgan fingerprint density at radius 3 is 2.75 bits per heavy atom. The maximum absolute atomic E-state index is 13.2. The van der Waals surface area contributed by atoms with Crippen molar-refractivity contribution < 1.29 is 9.31 Å². The van der Waals surface area contributed by atoms with Crippen molar-refractivity contribution in [1.82, 2.24) is 10.2 Å². The summed E-state index contributed by atoms with van der Waals surface area (Å²) in [5.41, 5.74) is 0.824. The SMILES string of the molecule is O=[N+]([O-])c1cc(F)ccc1Sc1nnc(NCc2ccccc2)s1. The summed E-state index contributed by atoms with van der Waals surface area (Å²) in [5.74, 6) is -0.645. The van der Waals surface area contributed by atoms with Gasteiger partial charge in [0.25, 0.3) is 5.69 Å². The van der Waals surface area contributed by atoms with Crippen LogP contribution >= 0.6 is 23.1 Å². The molecule has 0 aliphatic carbocycles. The maximum Gasteiger partial charge on any atom is 0.286 e. The lowest BCUT2D eigenvalue weighted by atomic mass is 10.2. The van der Waals surface area contributed by atoms with Gasteiger partial charge in [-0.1, -0.05) is 41.7 Å². The number of aromatic nitrogens is 2. The van der Waals surface area contributed by atoms with Crippen molar-refractivity contribution in [3.63, 3.8) is 0 Å². The van der Waals surface area contributed by atoms with E-state index in [-0.39, 0.29) is 5.69 Å². The highest BCUT2D eigenvalue weighted by atomic mass is 32.2. The molecular weight excluding hydrogens is 351 g/mol. The molecule has 0 unspecified atom stereocenters. The molecule has 122 valence electrons. The number of nitrogens with zero attached hydrogens (tertiary/aromatic N) is 3. The molecule has 1 aromatic heterocycles. The number of rotatable bonds is 6. The third-order valence-electron chi connectivity index (χ3n) is 3.01. The number of nitro benzene ring substituents is 1. The smallest absolute Gasteiger partial charge is 0.286 e. The second-order valence-corrected chi connectivity index (χ2v) is 6.95. The molecular formula is C15H11FN4O2S2. The zero-order valence-electron chi connectivity index (χ0n) is 12.2. The Bertz CT molecular complexity index is 858. The molecule has 0 atom stereocenters. The molecule has 3 rings (SSSR count). The largest absolute Gasteiger partial charge is 0.356 e. The fourth-order valence-corrected chi connectivity index (χ4v) is 3.70. The number of hydrogen-bond donors (Lipinski definition) is 1. The third-order valence-corrected chi connectivity index (χ3v) is 5.00. The normalized spacial score (nSPS) is 10.5. The van der Waals surface area contributed by atoms with Crippen molar-refractivity contribution in [1.29, 1.82) is 0 Å². The minimum Gasteiger partial charge on any atom is -0.356 e. The Balaban J connectivity index is 1.69. The standard InChI is InChI=1S/C15H11FN4O2S2/c16-11-6-7-13(12(8-11)20(21)22)23-15-19-18-14(24-15)17-9-10-4-2-1-3-5-10/h1-8H,9H2,(H,17,18). The lowest BCUT2D eigenvalue weighted by Crippen LogP contribution is -1.98. The average Bonchev–Trinajstić information content (AvgIpc) is 3.03. The van der Waals surface area contributed by atoms with Crippen molar-refractivity contribution in [2.24, 2.45) is 0 Å². The van der Waals surface area contributed by atoms with E-state index in [1.54, 1.807) is 0 Å². The van der Waals surface area contributed by atoms with Crippen LogP contribution in [-0.2, 0) is 6.54 Å². The molecule has 0 aliphatic heterocycles. The predicted octanol–water partition coefficient (Wildman–Crippen LogP) is 4.35. The fraction of sp³-hybridized carbons (Fsp3) is 0.0667. The first-order chi connectivity index (χ1) is 11.6. The first kappa shape index (κ1) is 16.3. The number of hydrogen-bond acceptors (Lipinski definition) is 7. The van der Waals surface area contributed by atoms with Gasteiger partial charge < -0.3 is 5.32 Å². The Morgan fingerprint density at radius 1 is 1.21 bits per heavy atom. The molecule has 0 bridgehead atoms. The second-order valence-electron chi connectivity index (χ2n) is 4.68. The summed E-state index contributed by atoms with van der Waals surface area (Å²) in [6, 6.07) is 13.3. The van der Waals surface area contributed by atoms with E-state index < -0.39 is 10.7 Å². The molecule has 0 amide bonds. The molecule has 3 aromatic rings. The van der Waals surface area contributed by atoms with Gasteiger partial charge in [0.15, 0.2) is 4.34 Å². The third kappa shape index (κ3) is 4.06. The van der Waals surface area contributed by atoms with E-state index in [9.17, 15) is 14.5 Å². The Hall–Kier alpha value is -2.52. The highest BCUT2D eigenvalue weighted by Crippen LogP contribution is 2.37. The Morgan fingerprint density at radius 2 is 2.00 bits per heavy atom. The zero-order valence-corrected chi connectivity index (χ0v) is 13.8. The van der Waals surface area contributed by atoms with Crippen LogP contribution in [0.1, 0.15) is 5.56 Å². The van der Waals surface area contributed by atoms with Crippen molar-refractivity contribution in [2.75, 3.05) is 5.32 Å². The molecule has 0 spiro atoms. The molecule has 1 heterocycles. The summed E-state index contributed by atoms with van der Waals surface area (Å²) in [6.45, 7) is 0.608. The van der Waals surface area contributed by atoms with Crippen molar-refractivity contribution >= 4 is 33.9 Å². The summed E-state index contributed by atoms with van der Waals surface area (Å²) >= 11 is 2.38. The monoisotopic (exact) mass is 362 g/mol. The zero-order chi connectivity index (χ0) is 16.9. The topological polar surface area (TPSA) is 81.0 Å². The van der Waals surface area contributed by atoms with Crippen molar-refractivity contribution in [3.8, 4) is 0 Å². The van der Waals surface area contributed by atoms with Gasteiger partial charge in [0, 0.05) is 6.54 Å². The van der Waals surface area contributed by atoms with Crippen LogP contribution in [0.2, 0.25) is 0 Å². The van der Waals surface area contributed by atoms with Crippen LogP contribution in [0, 0.1) is 15.9 Å². The average molecular weight is 362 g/mol. The second kappa shape index (κ2) is 7.37. The Labute approximate surface area is 144 Å². The first-order valence-electron chi connectivity index (χ1n) is 6.85. The van der Waals surface area contributed by atoms with E-state index in [0.29, 0.717) is 20.9 Å². The molecule has 0 aliphatic rings. The van der Waals surface area contributed by atoms with Gasteiger partial charge in [0.05, 0.1) is 15.9 Å². The van der Waals surface area contributed by atoms with Crippen molar-refractivity contribution in [2.45, 2.75) is 15.8 Å². The molecule has 0 saturated heterocycles. The van der Waals surface area contributed by atoms with Crippen LogP contribution in [0.3, 0.4) is 0 Å². The quantitative estimate of drug-likeness (QED) is 0.519. The first-order valence-corrected chi connectivity index (χ1v) is 8.48. The van der Waals surface area contributed by atoms with E-state index in [1.165, 1.54) is 23.5 Å². The van der Waals surface area contributed by atoms with Gasteiger partial charge in [0.1, 0.15) is 5.82 Å². The number of anilines is 1. The lowest BCUT2D eigenvalue weighted by molar-refractivity contribution is -0.387. The number of nitro groups is 1. The molecule has 24 heavy (non-hydrogen) atoms. The maximum atomic E-state index is 13.2. The highest BCUT2D eigenvalue weighted by Gasteiger charge is 2.18.